The Kier molecular flexibility index (Phi) is 6.88. The number of hydrogen-bond acceptors (Lipinski definition) is 3. The maximum Gasteiger partial charge on any atom is 0.177 e. The van der Waals surface area contributed by atoms with Crippen LogP contribution in [0.2, 0.25) is 0 Å². The third kappa shape index (κ3) is 5.47. The molecule has 0 aromatic heterocycles. The molecule has 0 atom stereocenters. The summed E-state index contributed by atoms with van der Waals surface area (Å²) >= 11 is 0. The molecular formula is C17H23F2N3O. The van der Waals surface area contributed by atoms with Gasteiger partial charge in [-0.2, -0.15) is 0 Å². The van der Waals surface area contributed by atoms with Gasteiger partial charge in [0.25, 0.3) is 0 Å². The van der Waals surface area contributed by atoms with Crippen molar-refractivity contribution in [2.24, 2.45) is 9.98 Å². The van der Waals surface area contributed by atoms with Crippen molar-refractivity contribution in [1.82, 2.24) is 0 Å². The van der Waals surface area contributed by atoms with E-state index in [9.17, 15) is 8.78 Å². The summed E-state index contributed by atoms with van der Waals surface area (Å²) in [4.78, 5) is 9.92. The quantitative estimate of drug-likeness (QED) is 0.582. The van der Waals surface area contributed by atoms with E-state index >= 15 is 0 Å². The number of nitrogens with zero attached hydrogens (tertiary/aromatic N) is 3. The summed E-state index contributed by atoms with van der Waals surface area (Å²) in [5.74, 6) is -0.493. The Morgan fingerprint density at radius 2 is 2.09 bits per heavy atom. The van der Waals surface area contributed by atoms with Crippen LogP contribution in [0.4, 0.5) is 14.5 Å². The van der Waals surface area contributed by atoms with E-state index in [4.69, 9.17) is 4.74 Å². The van der Waals surface area contributed by atoms with Crippen LogP contribution in [-0.2, 0) is 6.54 Å². The maximum atomic E-state index is 14.2. The van der Waals surface area contributed by atoms with E-state index in [1.807, 2.05) is 31.9 Å². The first-order chi connectivity index (χ1) is 10.8. The molecule has 1 aromatic carbocycles. The second-order valence-corrected chi connectivity index (χ2v) is 5.40. The van der Waals surface area contributed by atoms with Crippen molar-refractivity contribution in [3.8, 4) is 5.75 Å². The fourth-order valence-electron chi connectivity index (χ4n) is 1.88. The van der Waals surface area contributed by atoms with Crippen molar-refractivity contribution >= 4 is 17.7 Å². The number of aliphatic imine (C=N–C) groups is 2. The highest BCUT2D eigenvalue weighted by molar-refractivity contribution is 5.91. The van der Waals surface area contributed by atoms with Crippen LogP contribution in [0.15, 0.2) is 34.5 Å². The number of halogens is 2. The van der Waals surface area contributed by atoms with Crippen molar-refractivity contribution in [3.63, 3.8) is 0 Å². The lowest BCUT2D eigenvalue weighted by molar-refractivity contribution is 0.385. The Hall–Kier alpha value is -2.24. The van der Waals surface area contributed by atoms with Crippen LogP contribution in [0.1, 0.15) is 26.3 Å². The van der Waals surface area contributed by atoms with Crippen LogP contribution < -0.4 is 9.64 Å². The van der Waals surface area contributed by atoms with Gasteiger partial charge in [0.1, 0.15) is 11.7 Å². The van der Waals surface area contributed by atoms with E-state index in [-0.39, 0.29) is 18.3 Å². The monoisotopic (exact) mass is 323 g/mol. The molecule has 0 amide bonds. The molecule has 0 fully saturated rings. The molecule has 0 saturated carbocycles. The number of hydrogen-bond donors (Lipinski definition) is 0. The summed E-state index contributed by atoms with van der Waals surface area (Å²) in [6.45, 7) is 8.97. The van der Waals surface area contributed by atoms with Gasteiger partial charge in [-0.25, -0.2) is 13.8 Å². The Bertz CT molecular complexity index is 625. The molecule has 0 aliphatic heterocycles. The molecule has 0 saturated heterocycles. The van der Waals surface area contributed by atoms with Gasteiger partial charge in [-0.05, 0) is 38.5 Å². The second kappa shape index (κ2) is 8.41. The molecule has 0 aliphatic rings. The topological polar surface area (TPSA) is 37.2 Å². The number of amidine groups is 1. The smallest absolute Gasteiger partial charge is 0.177 e. The van der Waals surface area contributed by atoms with E-state index < -0.39 is 11.6 Å². The molecule has 0 aliphatic carbocycles. The van der Waals surface area contributed by atoms with E-state index in [0.717, 1.165) is 6.21 Å². The highest BCUT2D eigenvalue weighted by Crippen LogP contribution is 2.33. The number of allylic oxidation sites excluding steroid dienone is 1. The molecule has 23 heavy (non-hydrogen) atoms. The van der Waals surface area contributed by atoms with E-state index in [1.54, 1.807) is 6.92 Å². The molecule has 126 valence electrons. The Morgan fingerprint density at radius 1 is 1.43 bits per heavy atom. The van der Waals surface area contributed by atoms with Gasteiger partial charge in [-0.15, -0.1) is 0 Å². The van der Waals surface area contributed by atoms with E-state index in [0.29, 0.717) is 17.1 Å². The molecule has 0 bridgehead atoms. The zero-order chi connectivity index (χ0) is 17.6. The zero-order valence-electron chi connectivity index (χ0n) is 14.2. The maximum absolute atomic E-state index is 14.2. The van der Waals surface area contributed by atoms with Crippen molar-refractivity contribution < 1.29 is 13.5 Å². The lowest BCUT2D eigenvalue weighted by Gasteiger charge is -2.26. The van der Waals surface area contributed by atoms with Crippen molar-refractivity contribution in [1.29, 1.82) is 0 Å². The van der Waals surface area contributed by atoms with Gasteiger partial charge in [-0.3, -0.25) is 4.99 Å². The largest absolute Gasteiger partial charge is 0.492 e. The molecule has 1 rings (SSSR count). The summed E-state index contributed by atoms with van der Waals surface area (Å²) in [5.41, 5.74) is 1.34. The number of anilines is 1. The normalized spacial score (nSPS) is 12.1. The predicted octanol–water partition coefficient (Wildman–Crippen LogP) is 4.15. The van der Waals surface area contributed by atoms with Gasteiger partial charge in [0.2, 0.25) is 0 Å². The Balaban J connectivity index is 3.09. The zero-order valence-corrected chi connectivity index (χ0v) is 14.2. The van der Waals surface area contributed by atoms with Gasteiger partial charge in [0.15, 0.2) is 11.6 Å². The van der Waals surface area contributed by atoms with Crippen LogP contribution in [0.25, 0.3) is 0 Å². The van der Waals surface area contributed by atoms with Gasteiger partial charge in [0, 0.05) is 13.1 Å². The summed E-state index contributed by atoms with van der Waals surface area (Å²) < 4.78 is 31.9. The van der Waals surface area contributed by atoms with Crippen LogP contribution in [0, 0.1) is 5.82 Å². The first-order valence-corrected chi connectivity index (χ1v) is 7.25. The average molecular weight is 323 g/mol. The third-order valence-electron chi connectivity index (χ3n) is 3.32. The minimum Gasteiger partial charge on any atom is -0.492 e. The molecule has 0 N–H and O–H groups in total. The van der Waals surface area contributed by atoms with Gasteiger partial charge < -0.3 is 9.64 Å². The number of rotatable bonds is 6. The van der Waals surface area contributed by atoms with Crippen LogP contribution in [0.5, 0.6) is 5.75 Å². The molecule has 1 aromatic rings. The molecule has 6 heteroatoms. The standard InChI is InChI=1S/C17H23F2N3O/c1-11(2)22(5)16-8-14(7-15(19)17(16)23-6)10-21-13(4)20-9-12(3)18/h7-9,11H,3,10H2,1-2,4-6H3. The van der Waals surface area contributed by atoms with Crippen LogP contribution in [0.3, 0.4) is 0 Å². The van der Waals surface area contributed by atoms with Crippen molar-refractivity contribution in [2.75, 3.05) is 19.1 Å². The number of methoxy groups -OCH3 is 1. The highest BCUT2D eigenvalue weighted by atomic mass is 19.1. The molecule has 0 unspecified atom stereocenters. The van der Waals surface area contributed by atoms with Crippen molar-refractivity contribution in [2.45, 2.75) is 33.4 Å². The first kappa shape index (κ1) is 18.8. The fourth-order valence-corrected chi connectivity index (χ4v) is 1.88. The molecule has 0 radical (unpaired) electrons. The van der Waals surface area contributed by atoms with E-state index in [1.165, 1.54) is 13.2 Å². The summed E-state index contributed by atoms with van der Waals surface area (Å²) in [6, 6.07) is 3.39. The van der Waals surface area contributed by atoms with Gasteiger partial charge in [-0.1, -0.05) is 6.58 Å². The average Bonchev–Trinajstić information content (AvgIpc) is 2.49. The molecule has 4 nitrogen and oxygen atoms in total. The lowest BCUT2D eigenvalue weighted by Crippen LogP contribution is -2.26. The Morgan fingerprint density at radius 3 is 2.61 bits per heavy atom. The number of benzene rings is 1. The number of ether oxygens (including phenoxy) is 1. The van der Waals surface area contributed by atoms with Crippen LogP contribution in [-0.4, -0.2) is 32.2 Å². The highest BCUT2D eigenvalue weighted by Gasteiger charge is 2.16. The summed E-state index contributed by atoms with van der Waals surface area (Å²) in [5, 5.41) is 0. The summed E-state index contributed by atoms with van der Waals surface area (Å²) in [7, 11) is 3.31. The van der Waals surface area contributed by atoms with Crippen molar-refractivity contribution in [3.05, 3.63) is 35.9 Å². The van der Waals surface area contributed by atoms with Gasteiger partial charge in [0.05, 0.1) is 25.6 Å². The minimum absolute atomic E-state index is 0.184. The fraction of sp³-hybridized carbons (Fsp3) is 0.412. The first-order valence-electron chi connectivity index (χ1n) is 7.25. The molecular weight excluding hydrogens is 300 g/mol. The lowest BCUT2D eigenvalue weighted by atomic mass is 10.1. The predicted molar refractivity (Wildman–Crippen MR) is 92.0 cm³/mol. The second-order valence-electron chi connectivity index (χ2n) is 5.40. The molecule has 0 heterocycles. The van der Waals surface area contributed by atoms with Crippen LogP contribution >= 0.6 is 0 Å². The minimum atomic E-state index is -0.643. The summed E-state index contributed by atoms with van der Waals surface area (Å²) in [6.07, 6.45) is 0.991. The molecule has 0 spiro atoms. The third-order valence-corrected chi connectivity index (χ3v) is 3.32. The Labute approximate surface area is 136 Å². The van der Waals surface area contributed by atoms with E-state index in [2.05, 4.69) is 16.6 Å². The SMILES string of the molecule is C=C(F)C=NC(C)=NCc1cc(F)c(OC)c(N(C)C(C)C)c1. The van der Waals surface area contributed by atoms with Gasteiger partial charge >= 0.3 is 0 Å².